The summed E-state index contributed by atoms with van der Waals surface area (Å²) in [7, 11) is 0. The van der Waals surface area contributed by atoms with E-state index in [1.54, 1.807) is 18.3 Å². The molecule has 1 aromatic heterocycles. The molecule has 1 amide bonds. The summed E-state index contributed by atoms with van der Waals surface area (Å²) >= 11 is 1.47. The number of carbonyl (C=O) groups is 1. The summed E-state index contributed by atoms with van der Waals surface area (Å²) in [4.78, 5) is 16.4. The summed E-state index contributed by atoms with van der Waals surface area (Å²) in [6.07, 6.45) is 3.61. The van der Waals surface area contributed by atoms with Gasteiger partial charge in [-0.2, -0.15) is 0 Å². The Morgan fingerprint density at radius 3 is 2.64 bits per heavy atom. The minimum atomic E-state index is -0.101. The zero-order valence-corrected chi connectivity index (χ0v) is 13.7. The lowest BCUT2D eigenvalue weighted by atomic mass is 10.1. The first-order chi connectivity index (χ1) is 10.7. The van der Waals surface area contributed by atoms with Crippen LogP contribution in [0.15, 0.2) is 47.6 Å². The zero-order valence-electron chi connectivity index (χ0n) is 12.8. The van der Waals surface area contributed by atoms with E-state index in [0.29, 0.717) is 25.3 Å². The Hall–Kier alpha value is -1.85. The van der Waals surface area contributed by atoms with Gasteiger partial charge in [-0.15, -0.1) is 11.8 Å². The molecule has 2 aromatic rings. The Balaban J connectivity index is 1.93. The van der Waals surface area contributed by atoms with Crippen molar-refractivity contribution in [1.82, 2.24) is 10.3 Å². The summed E-state index contributed by atoms with van der Waals surface area (Å²) in [6, 6.07) is 11.6. The van der Waals surface area contributed by atoms with Gasteiger partial charge in [-0.1, -0.05) is 24.3 Å². The third kappa shape index (κ3) is 4.58. The number of ether oxygens (including phenoxy) is 1. The van der Waals surface area contributed by atoms with E-state index in [0.717, 1.165) is 16.2 Å². The van der Waals surface area contributed by atoms with Gasteiger partial charge in [0.1, 0.15) is 5.03 Å². The lowest BCUT2D eigenvalue weighted by Crippen LogP contribution is -2.23. The predicted octanol–water partition coefficient (Wildman–Crippen LogP) is 3.27. The molecule has 0 fully saturated rings. The number of nitrogens with zero attached hydrogens (tertiary/aromatic N) is 1. The van der Waals surface area contributed by atoms with Crippen LogP contribution in [0.3, 0.4) is 0 Å². The van der Waals surface area contributed by atoms with Gasteiger partial charge in [0.25, 0.3) is 5.91 Å². The molecule has 0 unspecified atom stereocenters. The minimum Gasteiger partial charge on any atom is -0.377 e. The highest BCUT2D eigenvalue weighted by Gasteiger charge is 2.10. The topological polar surface area (TPSA) is 51.2 Å². The quantitative estimate of drug-likeness (QED) is 0.797. The molecule has 1 heterocycles. The van der Waals surface area contributed by atoms with Crippen LogP contribution in [0.5, 0.6) is 0 Å². The zero-order chi connectivity index (χ0) is 15.8. The van der Waals surface area contributed by atoms with Gasteiger partial charge in [0.05, 0.1) is 12.2 Å². The number of amides is 1. The lowest BCUT2D eigenvalue weighted by Gasteiger charge is -2.08. The van der Waals surface area contributed by atoms with Crippen LogP contribution in [0.2, 0.25) is 0 Å². The van der Waals surface area contributed by atoms with Gasteiger partial charge in [-0.3, -0.25) is 4.79 Å². The van der Waals surface area contributed by atoms with Crippen LogP contribution in [0.4, 0.5) is 0 Å². The Kier molecular flexibility index (Phi) is 6.43. The number of rotatable bonds is 7. The molecule has 5 heteroatoms. The van der Waals surface area contributed by atoms with E-state index in [2.05, 4.69) is 10.3 Å². The first-order valence-electron chi connectivity index (χ1n) is 7.17. The maximum atomic E-state index is 12.2. The van der Waals surface area contributed by atoms with E-state index in [9.17, 15) is 4.79 Å². The van der Waals surface area contributed by atoms with Crippen LogP contribution < -0.4 is 5.32 Å². The van der Waals surface area contributed by atoms with Gasteiger partial charge >= 0.3 is 0 Å². The van der Waals surface area contributed by atoms with Crippen molar-refractivity contribution < 1.29 is 9.53 Å². The Morgan fingerprint density at radius 2 is 1.95 bits per heavy atom. The summed E-state index contributed by atoms with van der Waals surface area (Å²) in [6.45, 7) is 3.80. The largest absolute Gasteiger partial charge is 0.377 e. The molecule has 0 aliphatic heterocycles. The smallest absolute Gasteiger partial charge is 0.254 e. The van der Waals surface area contributed by atoms with Gasteiger partial charge in [0, 0.05) is 19.3 Å². The van der Waals surface area contributed by atoms with Crippen molar-refractivity contribution >= 4 is 17.7 Å². The number of nitrogens with one attached hydrogen (secondary N) is 1. The van der Waals surface area contributed by atoms with E-state index in [-0.39, 0.29) is 5.91 Å². The second kappa shape index (κ2) is 8.56. The van der Waals surface area contributed by atoms with Crippen molar-refractivity contribution in [3.05, 3.63) is 59.3 Å². The summed E-state index contributed by atoms with van der Waals surface area (Å²) in [5.74, 6) is -0.101. The second-order valence-corrected chi connectivity index (χ2v) is 5.49. The van der Waals surface area contributed by atoms with Crippen LogP contribution in [-0.2, 0) is 17.9 Å². The first-order valence-corrected chi connectivity index (χ1v) is 8.39. The van der Waals surface area contributed by atoms with Gasteiger partial charge < -0.3 is 10.1 Å². The average molecular weight is 316 g/mol. The molecular weight excluding hydrogens is 296 g/mol. The molecule has 0 radical (unpaired) electrons. The fourth-order valence-corrected chi connectivity index (χ4v) is 2.52. The van der Waals surface area contributed by atoms with Crippen molar-refractivity contribution in [2.24, 2.45) is 0 Å². The van der Waals surface area contributed by atoms with E-state index in [1.807, 2.05) is 37.4 Å². The molecule has 1 N–H and O–H groups in total. The van der Waals surface area contributed by atoms with Crippen LogP contribution in [0, 0.1) is 0 Å². The summed E-state index contributed by atoms with van der Waals surface area (Å²) < 4.78 is 5.36. The molecule has 0 atom stereocenters. The van der Waals surface area contributed by atoms with Crippen LogP contribution in [0.1, 0.15) is 28.4 Å². The molecule has 4 nitrogen and oxygen atoms in total. The van der Waals surface area contributed by atoms with E-state index in [4.69, 9.17) is 4.74 Å². The van der Waals surface area contributed by atoms with Gasteiger partial charge in [0.2, 0.25) is 0 Å². The van der Waals surface area contributed by atoms with Crippen molar-refractivity contribution in [2.75, 3.05) is 12.9 Å². The highest BCUT2D eigenvalue weighted by molar-refractivity contribution is 7.98. The molecule has 0 spiro atoms. The molecule has 116 valence electrons. The van der Waals surface area contributed by atoms with E-state index >= 15 is 0 Å². The van der Waals surface area contributed by atoms with Crippen LogP contribution >= 0.6 is 11.8 Å². The molecule has 0 saturated carbocycles. The second-order valence-electron chi connectivity index (χ2n) is 4.70. The monoisotopic (exact) mass is 316 g/mol. The number of hydrogen-bond acceptors (Lipinski definition) is 4. The average Bonchev–Trinajstić information content (AvgIpc) is 2.58. The highest BCUT2D eigenvalue weighted by Crippen LogP contribution is 2.16. The maximum absolute atomic E-state index is 12.2. The summed E-state index contributed by atoms with van der Waals surface area (Å²) in [5, 5.41) is 3.67. The van der Waals surface area contributed by atoms with E-state index in [1.165, 1.54) is 11.8 Å². The molecule has 1 aromatic carbocycles. The van der Waals surface area contributed by atoms with E-state index < -0.39 is 0 Å². The number of aromatic nitrogens is 1. The molecule has 0 aliphatic carbocycles. The first kappa shape index (κ1) is 16.5. The number of benzene rings is 1. The molecule has 0 bridgehead atoms. The van der Waals surface area contributed by atoms with Crippen LogP contribution in [-0.4, -0.2) is 23.8 Å². The number of hydrogen-bond donors (Lipinski definition) is 1. The fourth-order valence-electron chi connectivity index (χ4n) is 1.98. The van der Waals surface area contributed by atoms with Crippen LogP contribution in [0.25, 0.3) is 0 Å². The third-order valence-corrected chi connectivity index (χ3v) is 3.87. The Bertz CT molecular complexity index is 614. The molecule has 0 saturated heterocycles. The molecule has 2 rings (SSSR count). The molecule has 22 heavy (non-hydrogen) atoms. The van der Waals surface area contributed by atoms with Crippen molar-refractivity contribution in [3.63, 3.8) is 0 Å². The fraction of sp³-hybridized carbons (Fsp3) is 0.294. The Morgan fingerprint density at radius 1 is 1.23 bits per heavy atom. The van der Waals surface area contributed by atoms with Crippen molar-refractivity contribution in [1.29, 1.82) is 0 Å². The van der Waals surface area contributed by atoms with Gasteiger partial charge in [0.15, 0.2) is 0 Å². The van der Waals surface area contributed by atoms with Gasteiger partial charge in [-0.05, 0) is 36.4 Å². The SMILES string of the molecule is CCOCc1ccc(CNC(=O)c2cccnc2SC)cc1. The predicted molar refractivity (Wildman–Crippen MR) is 89.0 cm³/mol. The van der Waals surface area contributed by atoms with Crippen molar-refractivity contribution in [3.8, 4) is 0 Å². The molecular formula is C17H20N2O2S. The number of thioether (sulfide) groups is 1. The third-order valence-electron chi connectivity index (χ3n) is 3.16. The lowest BCUT2D eigenvalue weighted by molar-refractivity contribution is 0.0947. The molecule has 0 aliphatic rings. The standard InChI is InChI=1S/C17H20N2O2S/c1-3-21-12-14-8-6-13(7-9-14)11-19-16(20)15-5-4-10-18-17(15)22-2/h4-10H,3,11-12H2,1-2H3,(H,19,20). The summed E-state index contributed by atoms with van der Waals surface area (Å²) in [5.41, 5.74) is 2.81. The Labute approximate surface area is 135 Å². The number of carbonyl (C=O) groups excluding carboxylic acids is 1. The normalized spacial score (nSPS) is 10.5. The van der Waals surface area contributed by atoms with Crippen molar-refractivity contribution in [2.45, 2.75) is 25.1 Å². The highest BCUT2D eigenvalue weighted by atomic mass is 32.2. The maximum Gasteiger partial charge on any atom is 0.254 e. The van der Waals surface area contributed by atoms with Gasteiger partial charge in [-0.25, -0.2) is 4.98 Å². The number of pyridine rings is 1. The minimum absolute atomic E-state index is 0.101.